The average molecular weight is 291 g/mol. The van der Waals surface area contributed by atoms with Crippen LogP contribution < -0.4 is 5.73 Å². The first-order valence-electron chi connectivity index (χ1n) is 3.54. The molecule has 1 aromatic rings. The Hall–Kier alpha value is -0.920. The van der Waals surface area contributed by atoms with E-state index in [1.807, 2.05) is 0 Å². The number of aromatic nitrogens is 1. The Kier molecular flexibility index (Phi) is 3.17. The minimum atomic E-state index is -4.79. The average Bonchev–Trinajstić information content (AvgIpc) is 2.00. The first kappa shape index (κ1) is 12.2. The molecule has 8 heteroatoms. The number of nitrogens with two attached hydrogens (primary N) is 1. The number of anilines is 1. The van der Waals surface area contributed by atoms with E-state index >= 15 is 0 Å². The van der Waals surface area contributed by atoms with Crippen molar-refractivity contribution in [2.24, 2.45) is 0 Å². The first-order chi connectivity index (χ1) is 6.73. The molecule has 15 heavy (non-hydrogen) atoms. The molecule has 0 aromatic carbocycles. The summed E-state index contributed by atoms with van der Waals surface area (Å²) >= 11 is 2.61. The fourth-order valence-corrected chi connectivity index (χ4v) is 1.38. The second-order valence-electron chi connectivity index (χ2n) is 2.60. The molecule has 0 aliphatic rings. The zero-order valence-electron chi connectivity index (χ0n) is 6.95. The van der Waals surface area contributed by atoms with Gasteiger partial charge in [0.2, 0.25) is 0 Å². The van der Waals surface area contributed by atoms with E-state index in [-0.39, 0.29) is 10.7 Å². The SMILES string of the molecule is Nc1nc(Br)c(C(F)F)cc1C(F)(F)F. The van der Waals surface area contributed by atoms with Gasteiger partial charge in [0.25, 0.3) is 6.43 Å². The number of rotatable bonds is 1. The molecule has 0 saturated heterocycles. The highest BCUT2D eigenvalue weighted by molar-refractivity contribution is 9.10. The van der Waals surface area contributed by atoms with Crippen LogP contribution in [0.4, 0.5) is 27.8 Å². The maximum Gasteiger partial charge on any atom is 0.419 e. The van der Waals surface area contributed by atoms with Crippen molar-refractivity contribution in [3.8, 4) is 0 Å². The van der Waals surface area contributed by atoms with Crippen molar-refractivity contribution in [3.05, 3.63) is 21.8 Å². The fraction of sp³-hybridized carbons (Fsp3) is 0.286. The highest BCUT2D eigenvalue weighted by atomic mass is 79.9. The van der Waals surface area contributed by atoms with Crippen molar-refractivity contribution in [3.63, 3.8) is 0 Å². The first-order valence-corrected chi connectivity index (χ1v) is 4.34. The zero-order chi connectivity index (χ0) is 11.8. The van der Waals surface area contributed by atoms with Gasteiger partial charge in [0.05, 0.1) is 11.1 Å². The summed E-state index contributed by atoms with van der Waals surface area (Å²) in [6.07, 6.45) is -7.84. The third-order valence-electron chi connectivity index (χ3n) is 1.57. The number of hydrogen-bond donors (Lipinski definition) is 1. The predicted octanol–water partition coefficient (Wildman–Crippen LogP) is 3.38. The summed E-state index contributed by atoms with van der Waals surface area (Å²) in [5.41, 5.74) is 2.77. The zero-order valence-corrected chi connectivity index (χ0v) is 8.53. The van der Waals surface area contributed by atoms with Crippen LogP contribution >= 0.6 is 15.9 Å². The number of nitrogens with zero attached hydrogens (tertiary/aromatic N) is 1. The van der Waals surface area contributed by atoms with Gasteiger partial charge in [0, 0.05) is 0 Å². The molecular formula is C7H4BrF5N2. The molecule has 0 bridgehead atoms. The summed E-state index contributed by atoms with van der Waals surface area (Å²) in [7, 11) is 0. The predicted molar refractivity (Wildman–Crippen MR) is 46.3 cm³/mol. The van der Waals surface area contributed by atoms with Gasteiger partial charge in [0.1, 0.15) is 10.4 Å². The monoisotopic (exact) mass is 290 g/mol. The number of pyridine rings is 1. The van der Waals surface area contributed by atoms with Gasteiger partial charge < -0.3 is 5.73 Å². The minimum Gasteiger partial charge on any atom is -0.383 e. The summed E-state index contributed by atoms with van der Waals surface area (Å²) in [4.78, 5) is 3.16. The molecule has 1 aromatic heterocycles. The van der Waals surface area contributed by atoms with Gasteiger partial charge >= 0.3 is 6.18 Å². The second kappa shape index (κ2) is 3.92. The molecule has 0 spiro atoms. The Morgan fingerprint density at radius 3 is 2.27 bits per heavy atom. The maximum absolute atomic E-state index is 12.2. The van der Waals surface area contributed by atoms with E-state index in [1.165, 1.54) is 0 Å². The van der Waals surface area contributed by atoms with Crippen LogP contribution in [-0.2, 0) is 6.18 Å². The fourth-order valence-electron chi connectivity index (χ4n) is 0.900. The highest BCUT2D eigenvalue weighted by Crippen LogP contribution is 2.37. The summed E-state index contributed by atoms with van der Waals surface area (Å²) in [5, 5.41) is 0. The van der Waals surface area contributed by atoms with E-state index in [2.05, 4.69) is 20.9 Å². The quantitative estimate of drug-likeness (QED) is 0.636. The minimum absolute atomic E-state index is 0.289. The van der Waals surface area contributed by atoms with Gasteiger partial charge in [0.15, 0.2) is 0 Å². The Balaban J connectivity index is 3.37. The van der Waals surface area contributed by atoms with E-state index in [0.717, 1.165) is 0 Å². The summed E-state index contributed by atoms with van der Waals surface area (Å²) < 4.78 is 60.8. The smallest absolute Gasteiger partial charge is 0.383 e. The molecule has 0 unspecified atom stereocenters. The molecule has 0 aliphatic heterocycles. The van der Waals surface area contributed by atoms with E-state index < -0.39 is 29.5 Å². The van der Waals surface area contributed by atoms with Crippen LogP contribution in [0.25, 0.3) is 0 Å². The number of alkyl halides is 5. The molecule has 84 valence electrons. The lowest BCUT2D eigenvalue weighted by molar-refractivity contribution is -0.137. The Labute approximate surface area is 89.4 Å². The second-order valence-corrected chi connectivity index (χ2v) is 3.35. The molecule has 2 N–H and O–H groups in total. The van der Waals surface area contributed by atoms with E-state index in [9.17, 15) is 22.0 Å². The molecule has 0 atom stereocenters. The van der Waals surface area contributed by atoms with Crippen LogP contribution in [0.3, 0.4) is 0 Å². The van der Waals surface area contributed by atoms with Crippen LogP contribution in [0.2, 0.25) is 0 Å². The van der Waals surface area contributed by atoms with Gasteiger partial charge in [-0.1, -0.05) is 0 Å². The van der Waals surface area contributed by atoms with E-state index in [4.69, 9.17) is 5.73 Å². The van der Waals surface area contributed by atoms with Crippen LogP contribution in [0.5, 0.6) is 0 Å². The van der Waals surface area contributed by atoms with Gasteiger partial charge in [-0.05, 0) is 22.0 Å². The normalized spacial score (nSPS) is 12.2. The largest absolute Gasteiger partial charge is 0.419 e. The number of halogens is 6. The molecule has 0 saturated carbocycles. The molecule has 0 amide bonds. The molecule has 2 nitrogen and oxygen atoms in total. The van der Waals surface area contributed by atoms with Crippen LogP contribution in [-0.4, -0.2) is 4.98 Å². The summed E-state index contributed by atoms with van der Waals surface area (Å²) in [5.74, 6) is -0.834. The van der Waals surface area contributed by atoms with E-state index in [1.54, 1.807) is 0 Å². The topological polar surface area (TPSA) is 38.9 Å². The molecule has 0 radical (unpaired) electrons. The van der Waals surface area contributed by atoms with Crippen LogP contribution in [0, 0.1) is 0 Å². The highest BCUT2D eigenvalue weighted by Gasteiger charge is 2.35. The molecule has 0 aliphatic carbocycles. The van der Waals surface area contributed by atoms with Crippen molar-refractivity contribution in [2.45, 2.75) is 12.6 Å². The Morgan fingerprint density at radius 1 is 1.33 bits per heavy atom. The summed E-state index contributed by atoms with van der Waals surface area (Å²) in [6.45, 7) is 0. The summed E-state index contributed by atoms with van der Waals surface area (Å²) in [6, 6.07) is 0.289. The van der Waals surface area contributed by atoms with Gasteiger partial charge in [-0.15, -0.1) is 0 Å². The van der Waals surface area contributed by atoms with Crippen molar-refractivity contribution in [2.75, 3.05) is 5.73 Å². The van der Waals surface area contributed by atoms with Crippen molar-refractivity contribution < 1.29 is 22.0 Å². The van der Waals surface area contributed by atoms with Crippen LogP contribution in [0.15, 0.2) is 10.7 Å². The third-order valence-corrected chi connectivity index (χ3v) is 2.21. The molecule has 0 fully saturated rings. The van der Waals surface area contributed by atoms with E-state index in [0.29, 0.717) is 0 Å². The Bertz CT molecular complexity index is 376. The lowest BCUT2D eigenvalue weighted by atomic mass is 10.2. The molecule has 1 heterocycles. The van der Waals surface area contributed by atoms with Gasteiger partial charge in [-0.25, -0.2) is 13.8 Å². The maximum atomic E-state index is 12.2. The number of hydrogen-bond acceptors (Lipinski definition) is 2. The third kappa shape index (κ3) is 2.55. The van der Waals surface area contributed by atoms with Crippen molar-refractivity contribution >= 4 is 21.7 Å². The Morgan fingerprint density at radius 2 is 1.87 bits per heavy atom. The molecular weight excluding hydrogens is 287 g/mol. The molecule has 1 rings (SSSR count). The van der Waals surface area contributed by atoms with Gasteiger partial charge in [-0.3, -0.25) is 0 Å². The number of nitrogen functional groups attached to an aromatic ring is 1. The lowest BCUT2D eigenvalue weighted by Crippen LogP contribution is -2.12. The van der Waals surface area contributed by atoms with Crippen molar-refractivity contribution in [1.29, 1.82) is 0 Å². The standard InChI is InChI=1S/C7H4BrF5N2/c8-4-2(5(9)10)1-3(6(14)15-4)7(11,12)13/h1,5H,(H2,14,15). The van der Waals surface area contributed by atoms with Crippen molar-refractivity contribution in [1.82, 2.24) is 4.98 Å². The van der Waals surface area contributed by atoms with Crippen LogP contribution in [0.1, 0.15) is 17.6 Å². The lowest BCUT2D eigenvalue weighted by Gasteiger charge is -2.11. The van der Waals surface area contributed by atoms with Gasteiger partial charge in [-0.2, -0.15) is 13.2 Å².